The Bertz CT molecular complexity index is 602. The average Bonchev–Trinajstić information content (AvgIpc) is 2.51. The van der Waals surface area contributed by atoms with E-state index in [0.717, 1.165) is 12.8 Å². The number of para-hydroxylation sites is 1. The molecule has 0 aromatic heterocycles. The van der Waals surface area contributed by atoms with Gasteiger partial charge in [0.2, 0.25) is 0 Å². The zero-order chi connectivity index (χ0) is 16.4. The van der Waals surface area contributed by atoms with Crippen LogP contribution in [0.25, 0.3) is 6.08 Å². The van der Waals surface area contributed by atoms with Gasteiger partial charge in [0.1, 0.15) is 24.0 Å². The van der Waals surface area contributed by atoms with Crippen LogP contribution in [0.2, 0.25) is 0 Å². The third-order valence-electron chi connectivity index (χ3n) is 2.75. The molecular formula is C16H17N2O4-. The summed E-state index contributed by atoms with van der Waals surface area (Å²) in [5.41, 5.74) is 0.381. The largest absolute Gasteiger partial charge is 0.546 e. The Labute approximate surface area is 129 Å². The average molecular weight is 301 g/mol. The van der Waals surface area contributed by atoms with Crippen LogP contribution >= 0.6 is 0 Å². The van der Waals surface area contributed by atoms with E-state index in [1.54, 1.807) is 24.3 Å². The molecule has 0 fully saturated rings. The number of hydrogen-bond acceptors (Lipinski definition) is 5. The van der Waals surface area contributed by atoms with E-state index in [1.807, 2.05) is 13.0 Å². The molecule has 0 bridgehead atoms. The number of nitriles is 1. The zero-order valence-electron chi connectivity index (χ0n) is 12.3. The summed E-state index contributed by atoms with van der Waals surface area (Å²) in [6.07, 6.45) is 3.13. The number of amides is 1. The fraction of sp³-hybridized carbons (Fsp3) is 0.312. The number of nitrogens with one attached hydrogen (secondary N) is 1. The zero-order valence-corrected chi connectivity index (χ0v) is 12.3. The Kier molecular flexibility index (Phi) is 7.20. The highest BCUT2D eigenvalue weighted by Gasteiger charge is 2.10. The number of nitrogens with zero attached hydrogens (tertiary/aromatic N) is 1. The van der Waals surface area contributed by atoms with Crippen LogP contribution in [0.4, 0.5) is 0 Å². The lowest BCUT2D eigenvalue weighted by molar-refractivity contribution is -0.307. The molecule has 1 N–H and O–H groups in total. The molecule has 6 heteroatoms. The number of carbonyl (C=O) groups is 2. The van der Waals surface area contributed by atoms with Crippen molar-refractivity contribution in [1.29, 1.82) is 5.26 Å². The highest BCUT2D eigenvalue weighted by Crippen LogP contribution is 2.20. The molecule has 0 aliphatic rings. The number of unbranched alkanes of at least 4 members (excludes halogenated alkanes) is 1. The molecule has 0 aliphatic carbocycles. The van der Waals surface area contributed by atoms with E-state index in [2.05, 4.69) is 5.32 Å². The molecule has 0 aliphatic heterocycles. The molecule has 6 nitrogen and oxygen atoms in total. The number of carboxylic acids is 1. The van der Waals surface area contributed by atoms with Gasteiger partial charge < -0.3 is 20.0 Å². The molecule has 0 saturated carbocycles. The first-order valence-corrected chi connectivity index (χ1v) is 6.90. The van der Waals surface area contributed by atoms with Crippen molar-refractivity contribution < 1.29 is 19.4 Å². The Morgan fingerprint density at radius 1 is 1.41 bits per heavy atom. The van der Waals surface area contributed by atoms with Crippen LogP contribution in [-0.4, -0.2) is 25.0 Å². The molecule has 1 aromatic rings. The van der Waals surface area contributed by atoms with Gasteiger partial charge in [-0.15, -0.1) is 0 Å². The van der Waals surface area contributed by atoms with Crippen molar-refractivity contribution in [3.63, 3.8) is 0 Å². The van der Waals surface area contributed by atoms with Crippen molar-refractivity contribution in [3.8, 4) is 11.8 Å². The van der Waals surface area contributed by atoms with Crippen LogP contribution in [0, 0.1) is 11.3 Å². The summed E-state index contributed by atoms with van der Waals surface area (Å²) < 4.78 is 5.07. The van der Waals surface area contributed by atoms with E-state index >= 15 is 0 Å². The smallest absolute Gasteiger partial charge is 0.261 e. The molecule has 1 aromatic carbocycles. The summed E-state index contributed by atoms with van der Waals surface area (Å²) in [7, 11) is 0. The second-order valence-corrected chi connectivity index (χ2v) is 4.48. The van der Waals surface area contributed by atoms with Crippen LogP contribution in [0.1, 0.15) is 25.3 Å². The molecular weight excluding hydrogens is 284 g/mol. The van der Waals surface area contributed by atoms with Crippen LogP contribution in [-0.2, 0) is 9.59 Å². The number of carboxylic acid groups (broad SMARTS) is 1. The van der Waals surface area contributed by atoms with E-state index in [1.165, 1.54) is 6.08 Å². The highest BCUT2D eigenvalue weighted by atomic mass is 16.5. The summed E-state index contributed by atoms with van der Waals surface area (Å²) in [4.78, 5) is 22.3. The van der Waals surface area contributed by atoms with Gasteiger partial charge in [-0.25, -0.2) is 0 Å². The molecule has 116 valence electrons. The fourth-order valence-corrected chi connectivity index (χ4v) is 1.65. The third-order valence-corrected chi connectivity index (χ3v) is 2.75. The van der Waals surface area contributed by atoms with Gasteiger partial charge in [-0.3, -0.25) is 4.79 Å². The summed E-state index contributed by atoms with van der Waals surface area (Å²) in [6.45, 7) is 1.89. The predicted octanol–water partition coefficient (Wildman–Crippen LogP) is 0.639. The van der Waals surface area contributed by atoms with E-state index in [4.69, 9.17) is 10.00 Å². The Hall–Kier alpha value is -2.81. The Morgan fingerprint density at radius 3 is 2.77 bits per heavy atom. The van der Waals surface area contributed by atoms with Gasteiger partial charge in [0, 0.05) is 12.1 Å². The highest BCUT2D eigenvalue weighted by molar-refractivity contribution is 6.01. The van der Waals surface area contributed by atoms with Crippen LogP contribution in [0.15, 0.2) is 29.8 Å². The number of benzene rings is 1. The van der Waals surface area contributed by atoms with Gasteiger partial charge in [0.15, 0.2) is 0 Å². The SMILES string of the molecule is CCCCNC(=O)/C(C#N)=C/c1ccccc1OCC(=O)[O-]. The lowest BCUT2D eigenvalue weighted by atomic mass is 10.1. The van der Waals surface area contributed by atoms with Gasteiger partial charge in [0.25, 0.3) is 5.91 Å². The number of rotatable bonds is 8. The fourth-order valence-electron chi connectivity index (χ4n) is 1.65. The minimum atomic E-state index is -1.35. The normalized spacial score (nSPS) is 10.6. The maximum atomic E-state index is 11.9. The number of ether oxygens (including phenoxy) is 1. The van der Waals surface area contributed by atoms with Crippen molar-refractivity contribution in [2.45, 2.75) is 19.8 Å². The van der Waals surface area contributed by atoms with Crippen molar-refractivity contribution >= 4 is 18.0 Å². The minimum absolute atomic E-state index is 0.0689. The summed E-state index contributed by atoms with van der Waals surface area (Å²) >= 11 is 0. The standard InChI is InChI=1S/C16H18N2O4/c1-2-3-8-18-16(21)13(10-17)9-12-6-4-5-7-14(12)22-11-15(19)20/h4-7,9H,2-3,8,11H2,1H3,(H,18,21)(H,19,20)/p-1/b13-9+. The predicted molar refractivity (Wildman–Crippen MR) is 78.5 cm³/mol. The maximum absolute atomic E-state index is 11.9. The lowest BCUT2D eigenvalue weighted by Crippen LogP contribution is -2.29. The molecule has 1 amide bonds. The van der Waals surface area contributed by atoms with Crippen LogP contribution in [0.3, 0.4) is 0 Å². The topological polar surface area (TPSA) is 102 Å². The van der Waals surface area contributed by atoms with Crippen molar-refractivity contribution in [1.82, 2.24) is 5.32 Å². The van der Waals surface area contributed by atoms with E-state index in [0.29, 0.717) is 12.1 Å². The molecule has 0 atom stereocenters. The molecule has 1 rings (SSSR count). The van der Waals surface area contributed by atoms with Gasteiger partial charge in [-0.2, -0.15) is 5.26 Å². The Morgan fingerprint density at radius 2 is 2.14 bits per heavy atom. The lowest BCUT2D eigenvalue weighted by Gasteiger charge is -2.10. The first-order chi connectivity index (χ1) is 10.6. The number of hydrogen-bond donors (Lipinski definition) is 1. The van der Waals surface area contributed by atoms with E-state index < -0.39 is 18.5 Å². The first kappa shape index (κ1) is 17.2. The van der Waals surface area contributed by atoms with Gasteiger partial charge >= 0.3 is 0 Å². The molecule has 0 saturated heterocycles. The monoisotopic (exact) mass is 301 g/mol. The van der Waals surface area contributed by atoms with Crippen LogP contribution in [0.5, 0.6) is 5.75 Å². The summed E-state index contributed by atoms with van der Waals surface area (Å²) in [5, 5.41) is 22.2. The summed E-state index contributed by atoms with van der Waals surface area (Å²) in [6, 6.07) is 8.37. The van der Waals surface area contributed by atoms with E-state index in [-0.39, 0.29) is 11.3 Å². The second kappa shape index (κ2) is 9.19. The van der Waals surface area contributed by atoms with Gasteiger partial charge in [0.05, 0.1) is 5.97 Å². The van der Waals surface area contributed by atoms with Gasteiger partial charge in [-0.05, 0) is 18.6 Å². The number of carbonyl (C=O) groups excluding carboxylic acids is 2. The molecule has 22 heavy (non-hydrogen) atoms. The first-order valence-electron chi connectivity index (χ1n) is 6.90. The molecule has 0 unspecified atom stereocenters. The minimum Gasteiger partial charge on any atom is -0.546 e. The van der Waals surface area contributed by atoms with Gasteiger partial charge in [-0.1, -0.05) is 31.5 Å². The Balaban J connectivity index is 2.90. The maximum Gasteiger partial charge on any atom is 0.261 e. The third kappa shape index (κ3) is 5.67. The second-order valence-electron chi connectivity index (χ2n) is 4.48. The quantitative estimate of drug-likeness (QED) is 0.431. The van der Waals surface area contributed by atoms with Crippen LogP contribution < -0.4 is 15.2 Å². The van der Waals surface area contributed by atoms with Crippen molar-refractivity contribution in [3.05, 3.63) is 35.4 Å². The van der Waals surface area contributed by atoms with Crippen molar-refractivity contribution in [2.24, 2.45) is 0 Å². The van der Waals surface area contributed by atoms with Crippen molar-refractivity contribution in [2.75, 3.05) is 13.2 Å². The summed E-state index contributed by atoms with van der Waals surface area (Å²) in [5.74, 6) is -1.55. The number of aliphatic carboxylic acids is 1. The van der Waals surface area contributed by atoms with E-state index in [9.17, 15) is 14.7 Å². The molecule has 0 radical (unpaired) electrons. The molecule has 0 spiro atoms. The molecule has 0 heterocycles.